The molecule has 2 aromatic carbocycles. The Morgan fingerprint density at radius 2 is 1.95 bits per heavy atom. The summed E-state index contributed by atoms with van der Waals surface area (Å²) < 4.78 is 43.8. The normalized spacial score (nSPS) is 20.9. The van der Waals surface area contributed by atoms with Crippen LogP contribution in [0.15, 0.2) is 48.5 Å². The molecule has 1 aliphatic heterocycles. The first-order chi connectivity index (χ1) is 18.1. The standard InChI is InChI=1S/C28H29F3N4O3/c1-17-10-19(12-22(11-17)38-2)26(37)35-14-21-4-3-9-27(21,16-35)15-32-25(36)24-13-23(33-34-24)18-5-7-20(8-6-18)28(29,30)31/h5-8,10-13,21H,3-4,9,14-16H2,1-2H3,(H,32,36)(H,33,34)/t21-,27-/m0/s1. The molecule has 5 rings (SSSR count). The number of halogens is 3. The second-order valence-electron chi connectivity index (χ2n) is 10.3. The van der Waals surface area contributed by atoms with Crippen LogP contribution >= 0.6 is 0 Å². The molecule has 0 radical (unpaired) electrons. The van der Waals surface area contributed by atoms with Crippen LogP contribution in [0.25, 0.3) is 11.3 Å². The lowest BCUT2D eigenvalue weighted by Crippen LogP contribution is -2.41. The van der Waals surface area contributed by atoms with Crippen LogP contribution in [0.2, 0.25) is 0 Å². The summed E-state index contributed by atoms with van der Waals surface area (Å²) >= 11 is 0. The number of hydrogen-bond acceptors (Lipinski definition) is 4. The third-order valence-corrected chi connectivity index (χ3v) is 7.79. The van der Waals surface area contributed by atoms with Crippen LogP contribution in [-0.4, -0.2) is 53.7 Å². The van der Waals surface area contributed by atoms with Crippen LogP contribution in [-0.2, 0) is 6.18 Å². The molecule has 7 nitrogen and oxygen atoms in total. The van der Waals surface area contributed by atoms with E-state index >= 15 is 0 Å². The van der Waals surface area contributed by atoms with E-state index in [0.29, 0.717) is 48.1 Å². The Morgan fingerprint density at radius 1 is 1.18 bits per heavy atom. The smallest absolute Gasteiger partial charge is 0.416 e. The van der Waals surface area contributed by atoms with Crippen LogP contribution in [0.3, 0.4) is 0 Å². The molecule has 0 bridgehead atoms. The highest BCUT2D eigenvalue weighted by atomic mass is 19.4. The van der Waals surface area contributed by atoms with Gasteiger partial charge in [0.15, 0.2) is 0 Å². The fraction of sp³-hybridized carbons (Fsp3) is 0.393. The van der Waals surface area contributed by atoms with Gasteiger partial charge in [0.25, 0.3) is 11.8 Å². The SMILES string of the molecule is COc1cc(C)cc(C(=O)N2C[C@@H]3CCC[C@]3(CNC(=O)c3cc(-c4ccc(C(F)(F)F)cc4)n[nH]3)C2)c1. The van der Waals surface area contributed by atoms with Crippen molar-refractivity contribution >= 4 is 11.8 Å². The molecule has 2 heterocycles. The second kappa shape index (κ2) is 9.81. The lowest BCUT2D eigenvalue weighted by molar-refractivity contribution is -0.137. The minimum atomic E-state index is -4.42. The van der Waals surface area contributed by atoms with Gasteiger partial charge in [-0.3, -0.25) is 14.7 Å². The van der Waals surface area contributed by atoms with Crippen molar-refractivity contribution in [3.8, 4) is 17.0 Å². The fourth-order valence-electron chi connectivity index (χ4n) is 5.80. The van der Waals surface area contributed by atoms with Crippen molar-refractivity contribution in [1.82, 2.24) is 20.4 Å². The van der Waals surface area contributed by atoms with E-state index in [1.54, 1.807) is 13.2 Å². The fourth-order valence-corrected chi connectivity index (χ4v) is 5.80. The number of benzene rings is 2. The number of aryl methyl sites for hydroxylation is 1. The van der Waals surface area contributed by atoms with Gasteiger partial charge in [0.05, 0.1) is 18.4 Å². The number of aromatic amines is 1. The van der Waals surface area contributed by atoms with Gasteiger partial charge in [-0.15, -0.1) is 0 Å². The van der Waals surface area contributed by atoms with Gasteiger partial charge in [-0.05, 0) is 67.6 Å². The molecule has 1 aromatic heterocycles. The first-order valence-electron chi connectivity index (χ1n) is 12.5. The van der Waals surface area contributed by atoms with Gasteiger partial charge in [0, 0.05) is 36.2 Å². The number of fused-ring (bicyclic) bond motifs is 1. The summed E-state index contributed by atoms with van der Waals surface area (Å²) in [6, 6.07) is 11.7. The lowest BCUT2D eigenvalue weighted by atomic mass is 9.80. The Balaban J connectivity index is 1.25. The number of likely N-dealkylation sites (tertiary alicyclic amines) is 1. The molecular weight excluding hydrogens is 497 g/mol. The van der Waals surface area contributed by atoms with E-state index in [9.17, 15) is 22.8 Å². The zero-order valence-electron chi connectivity index (χ0n) is 21.2. The van der Waals surface area contributed by atoms with Crippen molar-refractivity contribution in [2.45, 2.75) is 32.4 Å². The van der Waals surface area contributed by atoms with Gasteiger partial charge in [0.1, 0.15) is 11.4 Å². The first-order valence-corrected chi connectivity index (χ1v) is 12.5. The summed E-state index contributed by atoms with van der Waals surface area (Å²) in [5.74, 6) is 0.554. The van der Waals surface area contributed by atoms with Gasteiger partial charge < -0.3 is 15.0 Å². The summed E-state index contributed by atoms with van der Waals surface area (Å²) in [5.41, 5.74) is 1.68. The molecule has 1 aliphatic carbocycles. The molecule has 1 saturated heterocycles. The molecule has 2 N–H and O–H groups in total. The number of methoxy groups -OCH3 is 1. The van der Waals surface area contributed by atoms with Crippen LogP contribution < -0.4 is 10.1 Å². The Bertz CT molecular complexity index is 1350. The third-order valence-electron chi connectivity index (χ3n) is 7.79. The number of nitrogens with zero attached hydrogens (tertiary/aromatic N) is 2. The van der Waals surface area contributed by atoms with E-state index in [2.05, 4.69) is 15.5 Å². The number of alkyl halides is 3. The number of rotatable bonds is 6. The van der Waals surface area contributed by atoms with Crippen LogP contribution in [0.4, 0.5) is 13.2 Å². The van der Waals surface area contributed by atoms with E-state index in [-0.39, 0.29) is 22.9 Å². The molecule has 2 amide bonds. The molecule has 2 fully saturated rings. The Labute approximate surface area is 218 Å². The Morgan fingerprint density at radius 3 is 2.66 bits per heavy atom. The number of ether oxygens (including phenoxy) is 1. The summed E-state index contributed by atoms with van der Waals surface area (Å²) in [6.45, 7) is 3.55. The quantitative estimate of drug-likeness (QED) is 0.469. The number of aromatic nitrogens is 2. The number of H-pyrrole nitrogens is 1. The largest absolute Gasteiger partial charge is 0.497 e. The zero-order valence-corrected chi connectivity index (χ0v) is 21.2. The maximum atomic E-state index is 13.3. The van der Waals surface area contributed by atoms with Crippen LogP contribution in [0.1, 0.15) is 51.2 Å². The predicted molar refractivity (Wildman–Crippen MR) is 135 cm³/mol. The average molecular weight is 527 g/mol. The van der Waals surface area contributed by atoms with Gasteiger partial charge in [0.2, 0.25) is 0 Å². The van der Waals surface area contributed by atoms with E-state index < -0.39 is 11.7 Å². The monoisotopic (exact) mass is 526 g/mol. The van der Waals surface area contributed by atoms with E-state index in [1.165, 1.54) is 18.2 Å². The molecule has 3 aromatic rings. The topological polar surface area (TPSA) is 87.3 Å². The Kier molecular flexibility index (Phi) is 6.66. The molecule has 10 heteroatoms. The van der Waals surface area contributed by atoms with Crippen molar-refractivity contribution in [1.29, 1.82) is 0 Å². The number of carbonyl (C=O) groups excluding carboxylic acids is 2. The van der Waals surface area contributed by atoms with Crippen molar-refractivity contribution < 1.29 is 27.5 Å². The van der Waals surface area contributed by atoms with Crippen LogP contribution in [0.5, 0.6) is 5.75 Å². The van der Waals surface area contributed by atoms with Crippen LogP contribution in [0, 0.1) is 18.3 Å². The molecule has 0 spiro atoms. The predicted octanol–water partition coefficient (Wildman–Crippen LogP) is 5.08. The minimum absolute atomic E-state index is 0.0400. The highest BCUT2D eigenvalue weighted by molar-refractivity contribution is 5.95. The molecular formula is C28H29F3N4O3. The van der Waals surface area contributed by atoms with Crippen molar-refractivity contribution in [3.05, 3.63) is 70.9 Å². The van der Waals surface area contributed by atoms with E-state index in [1.807, 2.05) is 24.0 Å². The molecule has 2 aliphatic rings. The lowest BCUT2D eigenvalue weighted by Gasteiger charge is -2.29. The maximum absolute atomic E-state index is 13.3. The van der Waals surface area contributed by atoms with E-state index in [0.717, 1.165) is 37.0 Å². The van der Waals surface area contributed by atoms with Gasteiger partial charge in [-0.2, -0.15) is 18.3 Å². The van der Waals surface area contributed by atoms with Gasteiger partial charge >= 0.3 is 6.18 Å². The number of carbonyl (C=O) groups is 2. The van der Waals surface area contributed by atoms with Crippen molar-refractivity contribution in [3.63, 3.8) is 0 Å². The Hall–Kier alpha value is -3.82. The molecule has 200 valence electrons. The highest BCUT2D eigenvalue weighted by Gasteiger charge is 2.50. The number of hydrogen-bond donors (Lipinski definition) is 2. The second-order valence-corrected chi connectivity index (χ2v) is 10.3. The molecule has 1 saturated carbocycles. The van der Waals surface area contributed by atoms with Gasteiger partial charge in [-0.1, -0.05) is 18.6 Å². The maximum Gasteiger partial charge on any atom is 0.416 e. The highest BCUT2D eigenvalue weighted by Crippen LogP contribution is 2.48. The van der Waals surface area contributed by atoms with Crippen molar-refractivity contribution in [2.24, 2.45) is 11.3 Å². The average Bonchev–Trinajstić information content (AvgIpc) is 3.61. The number of amides is 2. The van der Waals surface area contributed by atoms with Crippen molar-refractivity contribution in [2.75, 3.05) is 26.7 Å². The summed E-state index contributed by atoms with van der Waals surface area (Å²) in [6.07, 6.45) is -1.46. The molecule has 0 unspecified atom stereocenters. The molecule has 2 atom stereocenters. The number of nitrogens with one attached hydrogen (secondary N) is 2. The summed E-state index contributed by atoms with van der Waals surface area (Å²) in [5, 5.41) is 9.80. The minimum Gasteiger partial charge on any atom is -0.497 e. The third kappa shape index (κ3) is 4.99. The summed E-state index contributed by atoms with van der Waals surface area (Å²) in [7, 11) is 1.58. The van der Waals surface area contributed by atoms with Gasteiger partial charge in [-0.25, -0.2) is 0 Å². The zero-order chi connectivity index (χ0) is 27.1. The van der Waals surface area contributed by atoms with E-state index in [4.69, 9.17) is 4.74 Å². The summed E-state index contributed by atoms with van der Waals surface area (Å²) in [4.78, 5) is 28.1. The first kappa shape index (κ1) is 25.8. The molecule has 38 heavy (non-hydrogen) atoms.